The summed E-state index contributed by atoms with van der Waals surface area (Å²) in [5.41, 5.74) is 7.96. The number of nitrogens with one attached hydrogen (secondary N) is 1. The SMILES string of the molecule is CN=c1cc2ccn(C)c(Cc3ccc(OC)c(OC)c3)c-2cc1OC.CNc1cc2cc[n+](C)c(Cc3ccc(OC)c(OC)c3)c2cc1OC. The summed E-state index contributed by atoms with van der Waals surface area (Å²) in [4.78, 5) is 4.31. The fourth-order valence-electron chi connectivity index (χ4n) is 6.41. The zero-order chi connectivity index (χ0) is 37.4. The summed E-state index contributed by atoms with van der Waals surface area (Å²) in [6, 6.07) is 24.6. The number of fused-ring (bicyclic) bond motifs is 2. The van der Waals surface area contributed by atoms with Crippen LogP contribution in [0.2, 0.25) is 0 Å². The molecule has 0 amide bonds. The molecule has 0 fully saturated rings. The van der Waals surface area contributed by atoms with E-state index in [1.54, 1.807) is 49.7 Å². The van der Waals surface area contributed by atoms with Crippen molar-refractivity contribution in [2.75, 3.05) is 62.1 Å². The summed E-state index contributed by atoms with van der Waals surface area (Å²) in [5.74, 6) is 4.55. The molecule has 1 aliphatic carbocycles. The number of aromatic nitrogens is 2. The number of anilines is 1. The van der Waals surface area contributed by atoms with Gasteiger partial charge in [-0.15, -0.1) is 0 Å². The highest BCUT2D eigenvalue weighted by Gasteiger charge is 2.18. The van der Waals surface area contributed by atoms with E-state index in [0.717, 1.165) is 80.6 Å². The number of benzene rings is 4. The van der Waals surface area contributed by atoms with Gasteiger partial charge in [0.15, 0.2) is 34.9 Å². The zero-order valence-corrected chi connectivity index (χ0v) is 31.8. The monoisotopic (exact) mass is 705 g/mol. The van der Waals surface area contributed by atoms with Crippen LogP contribution in [0.15, 0.2) is 90.2 Å². The number of pyridine rings is 2. The van der Waals surface area contributed by atoms with E-state index in [1.165, 1.54) is 22.2 Å². The largest absolute Gasteiger partial charge is 0.495 e. The van der Waals surface area contributed by atoms with E-state index in [2.05, 4.69) is 94.5 Å². The van der Waals surface area contributed by atoms with Crippen LogP contribution in [0.3, 0.4) is 0 Å². The highest BCUT2D eigenvalue weighted by molar-refractivity contribution is 5.89. The normalized spacial score (nSPS) is 11.2. The minimum atomic E-state index is 0.731. The molecule has 0 radical (unpaired) electrons. The second-order valence-electron chi connectivity index (χ2n) is 12.2. The van der Waals surface area contributed by atoms with Crippen molar-refractivity contribution < 1.29 is 33.0 Å². The molecule has 2 heterocycles. The standard InChI is InChI=1S/2C21H24N2O3/c2*1-22-17-12-15-8-9-23(2)18(16(15)13-20(17)25-4)10-14-6-7-19(24-3)21(11-14)26-5/h2*6-9,11-13H,10H2,1-5H3/p+1. The second kappa shape index (κ2) is 16.9. The summed E-state index contributed by atoms with van der Waals surface area (Å²) in [6.07, 6.45) is 5.70. The van der Waals surface area contributed by atoms with E-state index >= 15 is 0 Å². The maximum atomic E-state index is 5.55. The summed E-state index contributed by atoms with van der Waals surface area (Å²) < 4.78 is 36.9. The van der Waals surface area contributed by atoms with Gasteiger partial charge >= 0.3 is 0 Å². The summed E-state index contributed by atoms with van der Waals surface area (Å²) in [7, 11) is 17.8. The molecule has 52 heavy (non-hydrogen) atoms. The van der Waals surface area contributed by atoms with Crippen molar-refractivity contribution in [3.63, 3.8) is 0 Å². The summed E-state index contributed by atoms with van der Waals surface area (Å²) >= 11 is 0. The van der Waals surface area contributed by atoms with Crippen molar-refractivity contribution in [1.82, 2.24) is 4.57 Å². The first kappa shape index (κ1) is 37.4. The molecule has 0 saturated carbocycles. The second-order valence-corrected chi connectivity index (χ2v) is 12.2. The minimum Gasteiger partial charge on any atom is -0.495 e. The Morgan fingerprint density at radius 1 is 0.654 bits per heavy atom. The third-order valence-electron chi connectivity index (χ3n) is 9.30. The molecule has 10 heteroatoms. The van der Waals surface area contributed by atoms with E-state index in [-0.39, 0.29) is 0 Å². The maximum absolute atomic E-state index is 5.55. The minimum absolute atomic E-state index is 0.731. The van der Waals surface area contributed by atoms with Gasteiger partial charge in [0, 0.05) is 51.1 Å². The van der Waals surface area contributed by atoms with E-state index in [9.17, 15) is 0 Å². The molecule has 1 N–H and O–H groups in total. The predicted molar refractivity (Wildman–Crippen MR) is 206 cm³/mol. The Hall–Kier alpha value is -5.90. The van der Waals surface area contributed by atoms with Crippen molar-refractivity contribution in [2.45, 2.75) is 12.8 Å². The van der Waals surface area contributed by atoms with Gasteiger partial charge in [0.2, 0.25) is 0 Å². The molecule has 1 aromatic heterocycles. The Balaban J connectivity index is 0.000000201. The van der Waals surface area contributed by atoms with E-state index < -0.39 is 0 Å². The Bertz CT molecular complexity index is 2210. The van der Waals surface area contributed by atoms with E-state index in [0.29, 0.717) is 0 Å². The third-order valence-corrected chi connectivity index (χ3v) is 9.30. The average Bonchev–Trinajstić information content (AvgIpc) is 3.18. The Kier molecular flexibility index (Phi) is 12.1. The zero-order valence-electron chi connectivity index (χ0n) is 31.8. The molecular weight excluding hydrogens is 656 g/mol. The van der Waals surface area contributed by atoms with Crippen LogP contribution in [0, 0.1) is 0 Å². The molecule has 0 atom stereocenters. The number of methoxy groups -OCH3 is 6. The smallest absolute Gasteiger partial charge is 0.193 e. The number of hydrogen-bond acceptors (Lipinski definition) is 8. The summed E-state index contributed by atoms with van der Waals surface area (Å²) in [5, 5.41) is 6.38. The number of nitrogens with zero attached hydrogens (tertiary/aromatic N) is 3. The molecule has 272 valence electrons. The first-order valence-corrected chi connectivity index (χ1v) is 16.9. The van der Waals surface area contributed by atoms with Gasteiger partial charge in [-0.25, -0.2) is 4.57 Å². The maximum Gasteiger partial charge on any atom is 0.193 e. The van der Waals surface area contributed by atoms with E-state index in [1.807, 2.05) is 31.3 Å². The van der Waals surface area contributed by atoms with Gasteiger partial charge in [-0.2, -0.15) is 0 Å². The fraction of sp³-hybridized carbons (Fsp3) is 0.286. The highest BCUT2D eigenvalue weighted by atomic mass is 16.5. The van der Waals surface area contributed by atoms with Crippen molar-refractivity contribution in [2.24, 2.45) is 19.1 Å². The van der Waals surface area contributed by atoms with E-state index in [4.69, 9.17) is 28.4 Å². The van der Waals surface area contributed by atoms with Crippen LogP contribution in [-0.4, -0.2) is 61.3 Å². The van der Waals surface area contributed by atoms with Crippen molar-refractivity contribution in [3.8, 4) is 45.6 Å². The van der Waals surface area contributed by atoms with Gasteiger partial charge in [-0.1, -0.05) is 12.1 Å². The average molecular weight is 706 g/mol. The molecule has 6 rings (SSSR count). The lowest BCUT2D eigenvalue weighted by Crippen LogP contribution is -2.33. The molecule has 2 aliphatic rings. The number of aryl methyl sites for hydroxylation is 2. The van der Waals surface area contributed by atoms with Crippen LogP contribution < -0.4 is 43.7 Å². The molecule has 4 aromatic rings. The first-order chi connectivity index (χ1) is 25.2. The number of rotatable bonds is 11. The van der Waals surface area contributed by atoms with Crippen LogP contribution in [-0.2, 0) is 26.9 Å². The lowest BCUT2D eigenvalue weighted by molar-refractivity contribution is -0.677. The molecule has 1 aliphatic heterocycles. The van der Waals surface area contributed by atoms with Crippen LogP contribution in [0.1, 0.15) is 22.5 Å². The molecular formula is C42H49N4O6+. The quantitative estimate of drug-likeness (QED) is 0.152. The van der Waals surface area contributed by atoms with Crippen LogP contribution in [0.25, 0.3) is 21.9 Å². The van der Waals surface area contributed by atoms with Gasteiger partial charge in [0.25, 0.3) is 0 Å². The number of hydrogen-bond donors (Lipinski definition) is 1. The Morgan fingerprint density at radius 3 is 1.81 bits per heavy atom. The van der Waals surface area contributed by atoms with Gasteiger partial charge in [-0.05, 0) is 76.7 Å². The molecule has 0 spiro atoms. The lowest BCUT2D eigenvalue weighted by Gasteiger charge is -2.18. The van der Waals surface area contributed by atoms with Crippen LogP contribution in [0.4, 0.5) is 5.69 Å². The van der Waals surface area contributed by atoms with Crippen LogP contribution in [0.5, 0.6) is 34.5 Å². The van der Waals surface area contributed by atoms with Crippen molar-refractivity contribution in [3.05, 3.63) is 113 Å². The Morgan fingerprint density at radius 2 is 1.25 bits per heavy atom. The molecule has 0 saturated heterocycles. The molecule has 0 bridgehead atoms. The predicted octanol–water partition coefficient (Wildman–Crippen LogP) is 6.60. The van der Waals surface area contributed by atoms with Gasteiger partial charge in [0.1, 0.15) is 18.5 Å². The highest BCUT2D eigenvalue weighted by Crippen LogP contribution is 2.34. The number of ether oxygens (including phenoxy) is 6. The molecule has 10 nitrogen and oxygen atoms in total. The van der Waals surface area contributed by atoms with Gasteiger partial charge in [-0.3, -0.25) is 4.99 Å². The van der Waals surface area contributed by atoms with Gasteiger partial charge < -0.3 is 38.3 Å². The van der Waals surface area contributed by atoms with Gasteiger partial charge in [0.05, 0.1) is 65.5 Å². The molecule has 0 unspecified atom stereocenters. The summed E-state index contributed by atoms with van der Waals surface area (Å²) in [6.45, 7) is 0. The van der Waals surface area contributed by atoms with Crippen molar-refractivity contribution in [1.29, 1.82) is 0 Å². The lowest BCUT2D eigenvalue weighted by atomic mass is 9.97. The fourth-order valence-corrected chi connectivity index (χ4v) is 6.41. The topological polar surface area (TPSA) is 88.6 Å². The van der Waals surface area contributed by atoms with Crippen molar-refractivity contribution >= 4 is 16.5 Å². The Labute approximate surface area is 306 Å². The third kappa shape index (κ3) is 7.86. The van der Waals surface area contributed by atoms with Crippen LogP contribution >= 0.6 is 0 Å². The first-order valence-electron chi connectivity index (χ1n) is 16.9. The molecule has 3 aromatic carbocycles.